The van der Waals surface area contributed by atoms with Crippen LogP contribution in [0.4, 0.5) is 0 Å². The Morgan fingerprint density at radius 2 is 2.11 bits per heavy atom. The van der Waals surface area contributed by atoms with E-state index in [9.17, 15) is 0 Å². The molecular weight excluding hydrogens is 222 g/mol. The van der Waals surface area contributed by atoms with Crippen molar-refractivity contribution in [1.82, 2.24) is 0 Å². The van der Waals surface area contributed by atoms with Crippen LogP contribution >= 0.6 is 0 Å². The van der Waals surface area contributed by atoms with Crippen LogP contribution in [0.2, 0.25) is 0 Å². The maximum atomic E-state index is 6.41. The molecule has 0 saturated heterocycles. The Morgan fingerprint density at radius 3 is 2.83 bits per heavy atom. The van der Waals surface area contributed by atoms with Gasteiger partial charge in [-0.05, 0) is 42.7 Å². The van der Waals surface area contributed by atoms with E-state index >= 15 is 0 Å². The minimum absolute atomic E-state index is 0.268. The predicted octanol–water partition coefficient (Wildman–Crippen LogP) is 3.39. The zero-order valence-electron chi connectivity index (χ0n) is 11.6. The average molecular weight is 247 g/mol. The molecule has 1 fully saturated rings. The van der Waals surface area contributed by atoms with Crippen LogP contribution in [-0.4, -0.2) is 13.2 Å². The molecule has 2 N–H and O–H groups in total. The first-order valence-corrected chi connectivity index (χ1v) is 7.08. The summed E-state index contributed by atoms with van der Waals surface area (Å²) in [4.78, 5) is 0. The molecule has 1 aliphatic carbocycles. The molecule has 0 amide bonds. The standard InChI is InChI=1S/C16H25NO/c1-12-6-5-8-13(10-12)15(17)11-14-7-3-4-9-16(14)18-2/h3-4,7,9,12-13,15H,5-6,8,10-11,17H2,1-2H3. The number of nitrogens with two attached hydrogens (primary N) is 1. The van der Waals surface area contributed by atoms with Gasteiger partial charge in [-0.3, -0.25) is 0 Å². The zero-order chi connectivity index (χ0) is 13.0. The summed E-state index contributed by atoms with van der Waals surface area (Å²) in [5.74, 6) is 2.49. The Kier molecular flexibility index (Phi) is 4.65. The lowest BCUT2D eigenvalue weighted by Crippen LogP contribution is -2.35. The highest BCUT2D eigenvalue weighted by atomic mass is 16.5. The van der Waals surface area contributed by atoms with E-state index in [2.05, 4.69) is 19.1 Å². The molecule has 1 saturated carbocycles. The van der Waals surface area contributed by atoms with E-state index in [0.29, 0.717) is 5.92 Å². The molecule has 0 heterocycles. The Hall–Kier alpha value is -1.02. The Balaban J connectivity index is 1.99. The average Bonchev–Trinajstić information content (AvgIpc) is 2.39. The summed E-state index contributed by atoms with van der Waals surface area (Å²) in [6.45, 7) is 2.35. The number of hydrogen-bond donors (Lipinski definition) is 1. The maximum absolute atomic E-state index is 6.41. The molecule has 3 atom stereocenters. The van der Waals surface area contributed by atoms with Crippen LogP contribution in [-0.2, 0) is 6.42 Å². The molecule has 2 heteroatoms. The molecule has 0 aliphatic heterocycles. The number of hydrogen-bond acceptors (Lipinski definition) is 2. The van der Waals surface area contributed by atoms with Crippen molar-refractivity contribution in [3.63, 3.8) is 0 Å². The van der Waals surface area contributed by atoms with Crippen LogP contribution in [0.25, 0.3) is 0 Å². The van der Waals surface area contributed by atoms with Crippen molar-refractivity contribution in [1.29, 1.82) is 0 Å². The van der Waals surface area contributed by atoms with Crippen molar-refractivity contribution in [3.8, 4) is 5.75 Å². The predicted molar refractivity (Wildman–Crippen MR) is 75.8 cm³/mol. The number of rotatable bonds is 4. The summed E-state index contributed by atoms with van der Waals surface area (Å²) in [5, 5.41) is 0. The van der Waals surface area contributed by atoms with Crippen molar-refractivity contribution >= 4 is 0 Å². The largest absolute Gasteiger partial charge is 0.496 e. The smallest absolute Gasteiger partial charge is 0.122 e. The molecule has 2 nitrogen and oxygen atoms in total. The van der Waals surface area contributed by atoms with Crippen molar-refractivity contribution in [3.05, 3.63) is 29.8 Å². The van der Waals surface area contributed by atoms with Gasteiger partial charge in [0.2, 0.25) is 0 Å². The fourth-order valence-electron chi connectivity index (χ4n) is 3.16. The van der Waals surface area contributed by atoms with Gasteiger partial charge in [-0.15, -0.1) is 0 Å². The van der Waals surface area contributed by atoms with Crippen molar-refractivity contribution in [2.45, 2.75) is 45.1 Å². The van der Waals surface area contributed by atoms with Gasteiger partial charge in [-0.1, -0.05) is 38.0 Å². The maximum Gasteiger partial charge on any atom is 0.122 e. The highest BCUT2D eigenvalue weighted by molar-refractivity contribution is 5.33. The van der Waals surface area contributed by atoms with Gasteiger partial charge in [0.15, 0.2) is 0 Å². The van der Waals surface area contributed by atoms with Gasteiger partial charge < -0.3 is 10.5 Å². The van der Waals surface area contributed by atoms with Crippen molar-refractivity contribution in [2.24, 2.45) is 17.6 Å². The van der Waals surface area contributed by atoms with Gasteiger partial charge in [0.1, 0.15) is 5.75 Å². The second kappa shape index (κ2) is 6.24. The summed E-state index contributed by atoms with van der Waals surface area (Å²) in [6.07, 6.45) is 6.22. The van der Waals surface area contributed by atoms with E-state index in [1.807, 2.05) is 12.1 Å². The van der Waals surface area contributed by atoms with Crippen molar-refractivity contribution in [2.75, 3.05) is 7.11 Å². The summed E-state index contributed by atoms with van der Waals surface area (Å²) in [7, 11) is 1.73. The second-order valence-electron chi connectivity index (χ2n) is 5.71. The Labute approximate surface area is 111 Å². The molecular formula is C16H25NO. The monoisotopic (exact) mass is 247 g/mol. The number of ether oxygens (including phenoxy) is 1. The van der Waals surface area contributed by atoms with E-state index < -0.39 is 0 Å². The SMILES string of the molecule is COc1ccccc1CC(N)C1CCCC(C)C1. The molecule has 0 bridgehead atoms. The molecule has 3 unspecified atom stereocenters. The van der Waals surface area contributed by atoms with E-state index in [1.54, 1.807) is 7.11 Å². The fourth-order valence-corrected chi connectivity index (χ4v) is 3.16. The third-order valence-electron chi connectivity index (χ3n) is 4.23. The summed E-state index contributed by atoms with van der Waals surface area (Å²) < 4.78 is 5.40. The summed E-state index contributed by atoms with van der Waals surface area (Å²) in [6, 6.07) is 8.49. The quantitative estimate of drug-likeness (QED) is 0.885. The molecule has 2 rings (SSSR count). The first-order chi connectivity index (χ1) is 8.70. The van der Waals surface area contributed by atoms with Crippen LogP contribution in [0.5, 0.6) is 5.75 Å². The highest BCUT2D eigenvalue weighted by Crippen LogP contribution is 2.32. The topological polar surface area (TPSA) is 35.2 Å². The van der Waals surface area contributed by atoms with Gasteiger partial charge in [0.05, 0.1) is 7.11 Å². The third-order valence-corrected chi connectivity index (χ3v) is 4.23. The van der Waals surface area contributed by atoms with Gasteiger partial charge in [0, 0.05) is 6.04 Å². The van der Waals surface area contributed by atoms with Crippen molar-refractivity contribution < 1.29 is 4.74 Å². The normalized spacial score (nSPS) is 25.7. The van der Waals surface area contributed by atoms with Crippen LogP contribution in [0.3, 0.4) is 0 Å². The van der Waals surface area contributed by atoms with E-state index in [-0.39, 0.29) is 6.04 Å². The Bertz CT molecular complexity index is 377. The first-order valence-electron chi connectivity index (χ1n) is 7.08. The van der Waals surface area contributed by atoms with Gasteiger partial charge in [0.25, 0.3) is 0 Å². The lowest BCUT2D eigenvalue weighted by molar-refractivity contribution is 0.244. The lowest BCUT2D eigenvalue weighted by Gasteiger charge is -2.31. The van der Waals surface area contributed by atoms with Crippen LogP contribution in [0.15, 0.2) is 24.3 Å². The number of para-hydroxylation sites is 1. The van der Waals surface area contributed by atoms with E-state index in [4.69, 9.17) is 10.5 Å². The highest BCUT2D eigenvalue weighted by Gasteiger charge is 2.24. The molecule has 18 heavy (non-hydrogen) atoms. The second-order valence-corrected chi connectivity index (χ2v) is 5.71. The molecule has 1 aromatic carbocycles. The number of benzene rings is 1. The first kappa shape index (κ1) is 13.4. The van der Waals surface area contributed by atoms with Crippen LogP contribution in [0, 0.1) is 11.8 Å². The molecule has 0 radical (unpaired) electrons. The van der Waals surface area contributed by atoms with Gasteiger partial charge >= 0.3 is 0 Å². The summed E-state index contributed by atoms with van der Waals surface area (Å²) in [5.41, 5.74) is 7.65. The van der Waals surface area contributed by atoms with E-state index in [0.717, 1.165) is 18.1 Å². The van der Waals surface area contributed by atoms with Crippen LogP contribution in [0.1, 0.15) is 38.2 Å². The molecule has 1 aliphatic rings. The van der Waals surface area contributed by atoms with Gasteiger partial charge in [-0.2, -0.15) is 0 Å². The third kappa shape index (κ3) is 3.26. The van der Waals surface area contributed by atoms with E-state index in [1.165, 1.54) is 31.2 Å². The zero-order valence-corrected chi connectivity index (χ0v) is 11.6. The Morgan fingerprint density at radius 1 is 1.33 bits per heavy atom. The number of methoxy groups -OCH3 is 1. The van der Waals surface area contributed by atoms with Gasteiger partial charge in [-0.25, -0.2) is 0 Å². The fraction of sp³-hybridized carbons (Fsp3) is 0.625. The summed E-state index contributed by atoms with van der Waals surface area (Å²) >= 11 is 0. The minimum Gasteiger partial charge on any atom is -0.496 e. The molecule has 1 aromatic rings. The molecule has 100 valence electrons. The minimum atomic E-state index is 0.268. The van der Waals surface area contributed by atoms with Crippen LogP contribution < -0.4 is 10.5 Å². The lowest BCUT2D eigenvalue weighted by atomic mass is 9.77. The molecule has 0 aromatic heterocycles. The molecule has 0 spiro atoms.